The van der Waals surface area contributed by atoms with Gasteiger partial charge in [0.05, 0.1) is 18.9 Å². The largest absolute Gasteiger partial charge is 0.383 e. The minimum absolute atomic E-state index is 0.114. The zero-order chi connectivity index (χ0) is 8.27. The Hall–Kier alpha value is -0.550. The molecule has 0 aromatic heterocycles. The van der Waals surface area contributed by atoms with Gasteiger partial charge in [-0.2, -0.15) is 0 Å². The first-order valence-electron chi connectivity index (χ1n) is 3.21. The van der Waals surface area contributed by atoms with Crippen LogP contribution in [0.2, 0.25) is 0 Å². The first-order valence-corrected chi connectivity index (χ1v) is 4.20. The van der Waals surface area contributed by atoms with Crippen LogP contribution in [0.3, 0.4) is 0 Å². The number of hydrogen-bond donors (Lipinski definition) is 0. The summed E-state index contributed by atoms with van der Waals surface area (Å²) in [7, 11) is 1.54. The van der Waals surface area contributed by atoms with Crippen LogP contribution in [0, 0.1) is 0 Å². The number of rotatable bonds is 3. The molecule has 0 aromatic carbocycles. The second kappa shape index (κ2) is 3.73. The summed E-state index contributed by atoms with van der Waals surface area (Å²) in [6.07, 6.45) is 0. The van der Waals surface area contributed by atoms with Crippen molar-refractivity contribution in [2.75, 3.05) is 26.0 Å². The van der Waals surface area contributed by atoms with Crippen LogP contribution in [0.5, 0.6) is 0 Å². The molecule has 1 saturated heterocycles. The van der Waals surface area contributed by atoms with Gasteiger partial charge in [0.15, 0.2) is 0 Å². The summed E-state index contributed by atoms with van der Waals surface area (Å²) in [4.78, 5) is 23.0. The minimum Gasteiger partial charge on any atom is -0.383 e. The van der Waals surface area contributed by atoms with Crippen LogP contribution in [-0.2, 0) is 9.53 Å². The lowest BCUT2D eigenvalue weighted by Gasteiger charge is -2.10. The van der Waals surface area contributed by atoms with E-state index in [2.05, 4.69) is 0 Å². The molecule has 0 radical (unpaired) electrons. The highest BCUT2D eigenvalue weighted by molar-refractivity contribution is 8.14. The Morgan fingerprint density at radius 2 is 2.36 bits per heavy atom. The normalized spacial score (nSPS) is 18.1. The lowest BCUT2D eigenvalue weighted by molar-refractivity contribution is -0.125. The van der Waals surface area contributed by atoms with E-state index in [-0.39, 0.29) is 16.9 Å². The third kappa shape index (κ3) is 1.94. The molecule has 0 N–H and O–H groups in total. The molecule has 0 spiro atoms. The van der Waals surface area contributed by atoms with Gasteiger partial charge in [0.1, 0.15) is 0 Å². The molecule has 1 aliphatic heterocycles. The maximum Gasteiger partial charge on any atom is 0.288 e. The van der Waals surface area contributed by atoms with Gasteiger partial charge in [0, 0.05) is 7.11 Å². The number of amides is 2. The van der Waals surface area contributed by atoms with Crippen LogP contribution < -0.4 is 0 Å². The van der Waals surface area contributed by atoms with Gasteiger partial charge >= 0.3 is 0 Å². The molecule has 2 amide bonds. The molecule has 1 heterocycles. The van der Waals surface area contributed by atoms with Gasteiger partial charge in [-0.05, 0) is 0 Å². The third-order valence-corrected chi connectivity index (χ3v) is 2.22. The predicted octanol–water partition coefficient (Wildman–Crippen LogP) is 0.328. The number of thioether (sulfide) groups is 1. The van der Waals surface area contributed by atoms with Crippen molar-refractivity contribution < 1.29 is 14.3 Å². The van der Waals surface area contributed by atoms with E-state index >= 15 is 0 Å². The monoisotopic (exact) mass is 175 g/mol. The van der Waals surface area contributed by atoms with Gasteiger partial charge < -0.3 is 4.74 Å². The number of ether oxygens (including phenoxy) is 1. The summed E-state index contributed by atoms with van der Waals surface area (Å²) in [5.41, 5.74) is 0. The standard InChI is InChI=1S/C6H9NO3S/c1-10-3-2-7-5(8)4-11-6(7)9/h2-4H2,1H3. The maximum absolute atomic E-state index is 10.9. The third-order valence-electron chi connectivity index (χ3n) is 1.36. The van der Waals surface area contributed by atoms with Gasteiger partial charge in [-0.15, -0.1) is 0 Å². The molecular weight excluding hydrogens is 166 g/mol. The smallest absolute Gasteiger partial charge is 0.288 e. The predicted molar refractivity (Wildman–Crippen MR) is 41.4 cm³/mol. The Kier molecular flexibility index (Phi) is 2.90. The quantitative estimate of drug-likeness (QED) is 0.620. The van der Waals surface area contributed by atoms with Gasteiger partial charge in [0.25, 0.3) is 5.24 Å². The SMILES string of the molecule is COCCN1C(=O)CSC1=O. The Labute approximate surface area is 68.9 Å². The molecule has 0 atom stereocenters. The Bertz CT molecular complexity index is 167. The molecule has 5 heteroatoms. The van der Waals surface area contributed by atoms with Crippen molar-refractivity contribution in [3.63, 3.8) is 0 Å². The van der Waals surface area contributed by atoms with Gasteiger partial charge in [-0.1, -0.05) is 11.8 Å². The van der Waals surface area contributed by atoms with Crippen molar-refractivity contribution in [1.82, 2.24) is 4.90 Å². The Balaban J connectivity index is 2.41. The molecule has 4 nitrogen and oxygen atoms in total. The highest BCUT2D eigenvalue weighted by Gasteiger charge is 2.28. The van der Waals surface area contributed by atoms with Crippen molar-refractivity contribution in [1.29, 1.82) is 0 Å². The molecule has 0 saturated carbocycles. The fourth-order valence-corrected chi connectivity index (χ4v) is 1.53. The number of carbonyl (C=O) groups excluding carboxylic acids is 2. The summed E-state index contributed by atoms with van der Waals surface area (Å²) in [5, 5.41) is -0.160. The zero-order valence-electron chi connectivity index (χ0n) is 6.20. The highest BCUT2D eigenvalue weighted by Crippen LogP contribution is 2.17. The minimum atomic E-state index is -0.160. The lowest BCUT2D eigenvalue weighted by atomic mass is 10.5. The number of methoxy groups -OCH3 is 1. The first-order chi connectivity index (χ1) is 5.25. The second-order valence-electron chi connectivity index (χ2n) is 2.09. The number of imide groups is 1. The Morgan fingerprint density at radius 1 is 1.64 bits per heavy atom. The number of nitrogens with zero attached hydrogens (tertiary/aromatic N) is 1. The van der Waals surface area contributed by atoms with Crippen LogP contribution in [-0.4, -0.2) is 42.1 Å². The molecule has 1 aliphatic rings. The topological polar surface area (TPSA) is 46.6 Å². The van der Waals surface area contributed by atoms with Crippen molar-refractivity contribution in [2.24, 2.45) is 0 Å². The first kappa shape index (κ1) is 8.55. The van der Waals surface area contributed by atoms with Crippen LogP contribution in [0.4, 0.5) is 4.79 Å². The van der Waals surface area contributed by atoms with E-state index in [0.29, 0.717) is 13.2 Å². The average molecular weight is 175 g/mol. The van der Waals surface area contributed by atoms with Crippen LogP contribution in [0.15, 0.2) is 0 Å². The molecule has 0 unspecified atom stereocenters. The lowest BCUT2D eigenvalue weighted by Crippen LogP contribution is -2.31. The van der Waals surface area contributed by atoms with E-state index in [0.717, 1.165) is 11.8 Å². The molecular formula is C6H9NO3S. The molecule has 0 bridgehead atoms. The van der Waals surface area contributed by atoms with Crippen LogP contribution in [0.25, 0.3) is 0 Å². The Morgan fingerprint density at radius 3 is 2.82 bits per heavy atom. The molecule has 0 aliphatic carbocycles. The highest BCUT2D eigenvalue weighted by atomic mass is 32.2. The fourth-order valence-electron chi connectivity index (χ4n) is 0.780. The maximum atomic E-state index is 10.9. The van der Waals surface area contributed by atoms with E-state index in [1.165, 1.54) is 12.0 Å². The molecule has 11 heavy (non-hydrogen) atoms. The summed E-state index contributed by atoms with van der Waals surface area (Å²) in [6.45, 7) is 0.791. The van der Waals surface area contributed by atoms with Gasteiger partial charge in [-0.3, -0.25) is 14.5 Å². The second-order valence-corrected chi connectivity index (χ2v) is 3.02. The van der Waals surface area contributed by atoms with E-state index < -0.39 is 0 Å². The van der Waals surface area contributed by atoms with Crippen LogP contribution >= 0.6 is 11.8 Å². The summed E-state index contributed by atoms with van der Waals surface area (Å²) in [5.74, 6) is 0.166. The fraction of sp³-hybridized carbons (Fsp3) is 0.667. The number of hydrogen-bond acceptors (Lipinski definition) is 4. The molecule has 62 valence electrons. The summed E-state index contributed by atoms with van der Waals surface area (Å²) in [6, 6.07) is 0. The van der Waals surface area contributed by atoms with Crippen molar-refractivity contribution in [3.8, 4) is 0 Å². The molecule has 0 aromatic rings. The summed E-state index contributed by atoms with van der Waals surface area (Å²) < 4.78 is 4.75. The molecule has 1 rings (SSSR count). The zero-order valence-corrected chi connectivity index (χ0v) is 7.02. The van der Waals surface area contributed by atoms with Gasteiger partial charge in [-0.25, -0.2) is 0 Å². The van der Waals surface area contributed by atoms with Crippen molar-refractivity contribution in [3.05, 3.63) is 0 Å². The van der Waals surface area contributed by atoms with Crippen molar-refractivity contribution >= 4 is 22.9 Å². The van der Waals surface area contributed by atoms with Crippen LogP contribution in [0.1, 0.15) is 0 Å². The summed E-state index contributed by atoms with van der Waals surface area (Å²) >= 11 is 1.05. The van der Waals surface area contributed by atoms with E-state index in [1.54, 1.807) is 0 Å². The number of carbonyl (C=O) groups is 2. The van der Waals surface area contributed by atoms with Crippen molar-refractivity contribution in [2.45, 2.75) is 0 Å². The van der Waals surface area contributed by atoms with E-state index in [9.17, 15) is 9.59 Å². The van der Waals surface area contributed by atoms with E-state index in [1.807, 2.05) is 0 Å². The van der Waals surface area contributed by atoms with Gasteiger partial charge in [0.2, 0.25) is 5.91 Å². The molecule has 1 fully saturated rings. The van der Waals surface area contributed by atoms with E-state index in [4.69, 9.17) is 4.74 Å². The average Bonchev–Trinajstić information content (AvgIpc) is 2.29.